The molecule has 3 rings (SSSR count). The van der Waals surface area contributed by atoms with Gasteiger partial charge < -0.3 is 39.5 Å². The molecule has 1 heterocycles. The first-order chi connectivity index (χ1) is 19.8. The average molecular weight is 587 g/mol. The molecule has 0 spiro atoms. The lowest BCUT2D eigenvalue weighted by molar-refractivity contribution is -0.310. The third kappa shape index (κ3) is 8.75. The maximum Gasteiger partial charge on any atom is 0.303 e. The van der Waals surface area contributed by atoms with Crippen LogP contribution < -0.4 is 11.1 Å². The minimum atomic E-state index is -1.37. The van der Waals surface area contributed by atoms with Crippen LogP contribution in [0.4, 0.5) is 11.4 Å². The van der Waals surface area contributed by atoms with Crippen LogP contribution in [0.2, 0.25) is 0 Å². The Balaban J connectivity index is 1.90. The molecule has 2 aromatic rings. The molecule has 0 unspecified atom stereocenters. The van der Waals surface area contributed by atoms with Gasteiger partial charge in [0.15, 0.2) is 24.6 Å². The molecule has 13 nitrogen and oxygen atoms in total. The quantitative estimate of drug-likeness (QED) is 0.236. The van der Waals surface area contributed by atoms with Gasteiger partial charge in [0.1, 0.15) is 12.7 Å². The van der Waals surface area contributed by atoms with Gasteiger partial charge in [-0.2, -0.15) is 0 Å². The highest BCUT2D eigenvalue weighted by Crippen LogP contribution is 2.31. The molecule has 0 aliphatic carbocycles. The summed E-state index contributed by atoms with van der Waals surface area (Å²) in [4.78, 5) is 60.2. The van der Waals surface area contributed by atoms with E-state index in [1.807, 2.05) is 0 Å². The Bertz CT molecular complexity index is 1310. The van der Waals surface area contributed by atoms with Crippen LogP contribution in [0.3, 0.4) is 0 Å². The Labute approximate surface area is 242 Å². The van der Waals surface area contributed by atoms with E-state index in [1.165, 1.54) is 6.92 Å². The number of hydrogen-bond donors (Lipinski definition) is 2. The minimum absolute atomic E-state index is 0.160. The van der Waals surface area contributed by atoms with Crippen LogP contribution in [0.15, 0.2) is 42.5 Å². The first-order valence-corrected chi connectivity index (χ1v) is 13.0. The van der Waals surface area contributed by atoms with Crippen molar-refractivity contribution in [1.29, 1.82) is 0 Å². The molecule has 1 fully saturated rings. The van der Waals surface area contributed by atoms with Gasteiger partial charge in [0.2, 0.25) is 0 Å². The number of nitrogens with one attached hydrogen (secondary N) is 1. The van der Waals surface area contributed by atoms with Gasteiger partial charge in [-0.15, -0.1) is 0 Å². The van der Waals surface area contributed by atoms with Crippen molar-refractivity contribution >= 4 is 41.2 Å². The standard InChI is InChI=1S/C29H34N2O11/c1-15-22(30)11-20(12-23(15)31-28(36)21-9-7-6-8-10-21)13-38-29-27(41-19(5)35)26(40-18(4)34)25(39-17(3)33)24(42-29)14-37-16(2)32/h6-12,24-27,29H,13-14,30H2,1-5H3,(H,31,36)/t24-,25-,26+,27-,29-/m1/s1. The van der Waals surface area contributed by atoms with Crippen molar-refractivity contribution in [3.05, 3.63) is 59.2 Å². The summed E-state index contributed by atoms with van der Waals surface area (Å²) in [5, 5.41) is 2.84. The van der Waals surface area contributed by atoms with Gasteiger partial charge in [-0.25, -0.2) is 0 Å². The van der Waals surface area contributed by atoms with Gasteiger partial charge in [0, 0.05) is 44.6 Å². The second-order valence-corrected chi connectivity index (χ2v) is 9.56. The highest BCUT2D eigenvalue weighted by Gasteiger charge is 2.52. The molecule has 3 N–H and O–H groups in total. The van der Waals surface area contributed by atoms with E-state index in [0.717, 1.165) is 20.8 Å². The van der Waals surface area contributed by atoms with Gasteiger partial charge in [0.25, 0.3) is 5.91 Å². The normalized spacial score (nSPS) is 21.5. The molecule has 0 saturated carbocycles. The van der Waals surface area contributed by atoms with Crippen LogP contribution >= 0.6 is 0 Å². The molecule has 13 heteroatoms. The highest BCUT2D eigenvalue weighted by molar-refractivity contribution is 6.05. The lowest BCUT2D eigenvalue weighted by Gasteiger charge is -2.44. The summed E-state index contributed by atoms with van der Waals surface area (Å²) < 4.78 is 33.2. The summed E-state index contributed by atoms with van der Waals surface area (Å²) in [6.45, 7) is 5.78. The van der Waals surface area contributed by atoms with Crippen LogP contribution in [0.1, 0.15) is 49.2 Å². The summed E-state index contributed by atoms with van der Waals surface area (Å²) in [5.74, 6) is -3.22. The fraction of sp³-hybridized carbons (Fsp3) is 0.414. The van der Waals surface area contributed by atoms with Crippen LogP contribution in [0.25, 0.3) is 0 Å². The van der Waals surface area contributed by atoms with Crippen molar-refractivity contribution in [2.75, 3.05) is 17.7 Å². The van der Waals surface area contributed by atoms with Crippen molar-refractivity contribution in [1.82, 2.24) is 0 Å². The molecule has 1 aliphatic rings. The van der Waals surface area contributed by atoms with E-state index in [4.69, 9.17) is 34.2 Å². The zero-order chi connectivity index (χ0) is 31.0. The van der Waals surface area contributed by atoms with Crippen LogP contribution in [0.5, 0.6) is 0 Å². The van der Waals surface area contributed by atoms with Crippen molar-refractivity contribution in [2.24, 2.45) is 0 Å². The molecule has 5 atom stereocenters. The monoisotopic (exact) mass is 586 g/mol. The molecule has 1 saturated heterocycles. The number of nitrogens with two attached hydrogens (primary N) is 1. The summed E-state index contributed by atoms with van der Waals surface area (Å²) in [6, 6.07) is 11.9. The van der Waals surface area contributed by atoms with E-state index in [1.54, 1.807) is 49.4 Å². The lowest BCUT2D eigenvalue weighted by atomic mass is 9.98. The largest absolute Gasteiger partial charge is 0.463 e. The molecule has 0 radical (unpaired) electrons. The van der Waals surface area contributed by atoms with E-state index in [-0.39, 0.29) is 19.1 Å². The zero-order valence-electron chi connectivity index (χ0n) is 23.9. The Hall–Kier alpha value is -4.49. The first-order valence-electron chi connectivity index (χ1n) is 13.0. The fourth-order valence-corrected chi connectivity index (χ4v) is 4.30. The predicted octanol–water partition coefficient (Wildman–Crippen LogP) is 2.43. The van der Waals surface area contributed by atoms with Gasteiger partial charge in [0.05, 0.1) is 6.61 Å². The second kappa shape index (κ2) is 14.4. The molecule has 1 amide bonds. The van der Waals surface area contributed by atoms with Crippen molar-refractivity contribution in [2.45, 2.75) is 71.9 Å². The number of esters is 4. The second-order valence-electron chi connectivity index (χ2n) is 9.56. The Kier molecular flexibility index (Phi) is 11.0. The van der Waals surface area contributed by atoms with Gasteiger partial charge in [-0.05, 0) is 42.3 Å². The smallest absolute Gasteiger partial charge is 0.303 e. The van der Waals surface area contributed by atoms with Crippen molar-refractivity contribution < 1.29 is 52.4 Å². The van der Waals surface area contributed by atoms with E-state index in [0.29, 0.717) is 28.1 Å². The zero-order valence-corrected chi connectivity index (χ0v) is 23.9. The van der Waals surface area contributed by atoms with E-state index in [2.05, 4.69) is 5.32 Å². The van der Waals surface area contributed by atoms with E-state index >= 15 is 0 Å². The third-order valence-electron chi connectivity index (χ3n) is 6.15. The third-order valence-corrected chi connectivity index (χ3v) is 6.15. The molecular weight excluding hydrogens is 552 g/mol. The van der Waals surface area contributed by atoms with Gasteiger partial charge in [-0.3, -0.25) is 24.0 Å². The summed E-state index contributed by atoms with van der Waals surface area (Å²) in [5.41, 5.74) is 8.64. The summed E-state index contributed by atoms with van der Waals surface area (Å²) in [6.07, 6.45) is -6.55. The maximum atomic E-state index is 12.8. The molecule has 42 heavy (non-hydrogen) atoms. The first kappa shape index (κ1) is 32.0. The topological polar surface area (TPSA) is 179 Å². The molecule has 0 aromatic heterocycles. The summed E-state index contributed by atoms with van der Waals surface area (Å²) >= 11 is 0. The van der Waals surface area contributed by atoms with Crippen LogP contribution in [0, 0.1) is 6.92 Å². The molecular formula is C29H34N2O11. The summed E-state index contributed by atoms with van der Waals surface area (Å²) in [7, 11) is 0. The number of carbonyl (C=O) groups excluding carboxylic acids is 5. The maximum absolute atomic E-state index is 12.8. The fourth-order valence-electron chi connectivity index (χ4n) is 4.30. The lowest BCUT2D eigenvalue weighted by Crippen LogP contribution is -2.62. The number of ether oxygens (including phenoxy) is 6. The Morgan fingerprint density at radius 2 is 1.43 bits per heavy atom. The van der Waals surface area contributed by atoms with Crippen LogP contribution in [-0.4, -0.2) is 67.1 Å². The number of rotatable bonds is 10. The highest BCUT2D eigenvalue weighted by atomic mass is 16.7. The molecule has 0 bridgehead atoms. The molecule has 1 aliphatic heterocycles. The van der Waals surface area contributed by atoms with E-state index < -0.39 is 54.6 Å². The molecule has 226 valence electrons. The SMILES string of the molecule is CC(=O)OC[C@H]1O[C@@H](OCc2cc(N)c(C)c(NC(=O)c3ccccc3)c2)[C@H](OC(C)=O)[C@@H](OC(C)=O)[C@@H]1OC(C)=O. The average Bonchev–Trinajstić information content (AvgIpc) is 2.91. The number of nitrogen functional groups attached to an aromatic ring is 1. The van der Waals surface area contributed by atoms with Gasteiger partial charge >= 0.3 is 23.9 Å². The van der Waals surface area contributed by atoms with Gasteiger partial charge in [-0.1, -0.05) is 18.2 Å². The Morgan fingerprint density at radius 1 is 0.833 bits per heavy atom. The molecule has 2 aromatic carbocycles. The van der Waals surface area contributed by atoms with Crippen molar-refractivity contribution in [3.8, 4) is 0 Å². The van der Waals surface area contributed by atoms with Crippen LogP contribution in [-0.2, 0) is 54.2 Å². The number of carbonyl (C=O) groups is 5. The number of benzene rings is 2. The number of anilines is 2. The predicted molar refractivity (Wildman–Crippen MR) is 147 cm³/mol. The Morgan fingerprint density at radius 3 is 2.02 bits per heavy atom. The number of hydrogen-bond acceptors (Lipinski definition) is 12. The van der Waals surface area contributed by atoms with Crippen molar-refractivity contribution in [3.63, 3.8) is 0 Å². The number of amides is 1. The van der Waals surface area contributed by atoms with E-state index in [9.17, 15) is 24.0 Å². The minimum Gasteiger partial charge on any atom is -0.463 e.